The van der Waals surface area contributed by atoms with Gasteiger partial charge in [-0.15, -0.1) is 0 Å². The highest BCUT2D eigenvalue weighted by molar-refractivity contribution is 5.25. The van der Waals surface area contributed by atoms with E-state index in [1.165, 1.54) is 69.7 Å². The number of hydrogen-bond donors (Lipinski definition) is 1. The summed E-state index contributed by atoms with van der Waals surface area (Å²) >= 11 is 0. The number of halogens is 1. The molecule has 0 radical (unpaired) electrons. The molecule has 1 heterocycles. The lowest BCUT2D eigenvalue weighted by molar-refractivity contribution is 0.120. The van der Waals surface area contributed by atoms with Crippen molar-refractivity contribution >= 4 is 0 Å². The van der Waals surface area contributed by atoms with Gasteiger partial charge in [0.15, 0.2) is 0 Å². The fraction of sp³-hybridized carbons (Fsp3) is 0.742. The summed E-state index contributed by atoms with van der Waals surface area (Å²) < 4.78 is 12.5. The zero-order valence-electron chi connectivity index (χ0n) is 23.3. The molecule has 3 heteroatoms. The quantitative estimate of drug-likeness (QED) is 0.434. The summed E-state index contributed by atoms with van der Waals surface area (Å²) in [7, 11) is 2.24. The van der Waals surface area contributed by atoms with Crippen LogP contribution in [0.2, 0.25) is 0 Å². The number of nitrogens with two attached hydrogens (primary N) is 1. The van der Waals surface area contributed by atoms with Gasteiger partial charge in [0.05, 0.1) is 0 Å². The van der Waals surface area contributed by atoms with Gasteiger partial charge >= 0.3 is 0 Å². The number of likely N-dealkylation sites (tertiary alicyclic amines) is 1. The number of alkyl halides is 1. The Morgan fingerprint density at radius 2 is 1.71 bits per heavy atom. The fourth-order valence-electron chi connectivity index (χ4n) is 5.41. The second-order valence-corrected chi connectivity index (χ2v) is 10.3. The van der Waals surface area contributed by atoms with Crippen LogP contribution < -0.4 is 5.73 Å². The molecule has 1 aliphatic heterocycles. The van der Waals surface area contributed by atoms with Crippen LogP contribution in [0.25, 0.3) is 0 Å². The van der Waals surface area contributed by atoms with Crippen LogP contribution in [-0.4, -0.2) is 36.7 Å². The minimum absolute atomic E-state index is 0.440. The van der Waals surface area contributed by atoms with Crippen molar-refractivity contribution in [2.45, 2.75) is 116 Å². The highest BCUT2D eigenvalue weighted by atomic mass is 19.1. The zero-order chi connectivity index (χ0) is 25.6. The molecule has 34 heavy (non-hydrogen) atoms. The van der Waals surface area contributed by atoms with Gasteiger partial charge in [0.2, 0.25) is 0 Å². The van der Waals surface area contributed by atoms with Crippen molar-refractivity contribution in [1.29, 1.82) is 0 Å². The van der Waals surface area contributed by atoms with E-state index in [-0.39, 0.29) is 0 Å². The predicted molar refractivity (Wildman–Crippen MR) is 149 cm³/mol. The topological polar surface area (TPSA) is 29.3 Å². The van der Waals surface area contributed by atoms with Gasteiger partial charge in [-0.05, 0) is 102 Å². The third kappa shape index (κ3) is 10.2. The van der Waals surface area contributed by atoms with Crippen molar-refractivity contribution in [3.63, 3.8) is 0 Å². The highest BCUT2D eigenvalue weighted by Gasteiger charge is 2.33. The van der Waals surface area contributed by atoms with Crippen molar-refractivity contribution in [3.8, 4) is 0 Å². The van der Waals surface area contributed by atoms with Gasteiger partial charge < -0.3 is 10.6 Å². The monoisotopic (exact) mass is 474 g/mol. The average Bonchev–Trinajstić information content (AvgIpc) is 2.86. The number of hydrogen-bond acceptors (Lipinski definition) is 2. The predicted octanol–water partition coefficient (Wildman–Crippen LogP) is 8.45. The maximum atomic E-state index is 12.5. The van der Waals surface area contributed by atoms with Crippen LogP contribution in [0.4, 0.5) is 4.39 Å². The van der Waals surface area contributed by atoms with Gasteiger partial charge in [-0.2, -0.15) is 0 Å². The number of rotatable bonds is 5. The largest absolute Gasteiger partial charge is 0.327 e. The maximum absolute atomic E-state index is 12.5. The molecule has 3 fully saturated rings. The minimum atomic E-state index is -0.972. The zero-order valence-corrected chi connectivity index (χ0v) is 23.3. The molecule has 1 saturated heterocycles. The van der Waals surface area contributed by atoms with E-state index in [0.717, 1.165) is 24.2 Å². The molecule has 0 bridgehead atoms. The molecule has 0 spiro atoms. The Morgan fingerprint density at radius 3 is 2.21 bits per heavy atom. The van der Waals surface area contributed by atoms with Gasteiger partial charge in [0, 0.05) is 12.6 Å². The number of benzene rings is 1. The molecule has 4 rings (SSSR count). The van der Waals surface area contributed by atoms with E-state index in [4.69, 9.17) is 5.73 Å². The molecule has 2 saturated carbocycles. The van der Waals surface area contributed by atoms with E-state index in [0.29, 0.717) is 18.9 Å². The average molecular weight is 475 g/mol. The van der Waals surface area contributed by atoms with E-state index < -0.39 is 5.67 Å². The van der Waals surface area contributed by atoms with Gasteiger partial charge in [-0.3, -0.25) is 0 Å². The summed E-state index contributed by atoms with van der Waals surface area (Å²) in [6.07, 6.45) is 13.3. The molecule has 3 aliphatic rings. The first kappa shape index (κ1) is 30.8. The molecule has 196 valence electrons. The van der Waals surface area contributed by atoms with Crippen molar-refractivity contribution < 1.29 is 4.39 Å². The minimum Gasteiger partial charge on any atom is -0.327 e. The van der Waals surface area contributed by atoms with E-state index in [1.807, 2.05) is 27.7 Å². The first-order valence-electron chi connectivity index (χ1n) is 14.2. The van der Waals surface area contributed by atoms with E-state index in [2.05, 4.69) is 49.7 Å². The molecule has 0 amide bonds. The summed E-state index contributed by atoms with van der Waals surface area (Å²) in [6, 6.07) is 9.59. The molecular weight excluding hydrogens is 419 g/mol. The van der Waals surface area contributed by atoms with E-state index >= 15 is 0 Å². The Bertz CT molecular complexity index is 661. The summed E-state index contributed by atoms with van der Waals surface area (Å²) in [4.78, 5) is 2.46. The lowest BCUT2D eigenvalue weighted by atomic mass is 9.75. The second kappa shape index (κ2) is 16.5. The van der Waals surface area contributed by atoms with Crippen LogP contribution in [0.5, 0.6) is 0 Å². The van der Waals surface area contributed by atoms with Crippen LogP contribution in [0, 0.1) is 18.8 Å². The van der Waals surface area contributed by atoms with Crippen LogP contribution in [0.1, 0.15) is 109 Å². The summed E-state index contributed by atoms with van der Waals surface area (Å²) in [5, 5.41) is 0. The third-order valence-corrected chi connectivity index (χ3v) is 7.85. The van der Waals surface area contributed by atoms with Crippen LogP contribution in [-0.2, 0) is 0 Å². The molecule has 2 nitrogen and oxygen atoms in total. The summed E-state index contributed by atoms with van der Waals surface area (Å²) in [5.41, 5.74) is 8.34. The van der Waals surface area contributed by atoms with E-state index in [1.54, 1.807) is 5.56 Å². The molecule has 2 unspecified atom stereocenters. The van der Waals surface area contributed by atoms with Crippen molar-refractivity contribution in [3.05, 3.63) is 48.0 Å². The molecule has 2 atom stereocenters. The number of piperidine rings is 1. The summed E-state index contributed by atoms with van der Waals surface area (Å²) in [5.74, 6) is 2.47. The van der Waals surface area contributed by atoms with Gasteiger partial charge in [-0.1, -0.05) is 76.6 Å². The first-order chi connectivity index (χ1) is 16.4. The van der Waals surface area contributed by atoms with Gasteiger partial charge in [0.1, 0.15) is 5.67 Å². The fourth-order valence-corrected chi connectivity index (χ4v) is 5.41. The van der Waals surface area contributed by atoms with Crippen molar-refractivity contribution in [2.24, 2.45) is 17.6 Å². The molecule has 2 N–H and O–H groups in total. The Hall–Kier alpha value is -1.19. The van der Waals surface area contributed by atoms with E-state index in [9.17, 15) is 4.39 Å². The smallest absolute Gasteiger partial charge is 0.128 e. The second-order valence-electron chi connectivity index (χ2n) is 10.3. The van der Waals surface area contributed by atoms with Crippen molar-refractivity contribution in [1.82, 2.24) is 4.90 Å². The number of nitrogens with zero attached hydrogens (tertiary/aromatic N) is 1. The Kier molecular flexibility index (Phi) is 14.9. The Balaban J connectivity index is 0.000000441. The van der Waals surface area contributed by atoms with Crippen LogP contribution >= 0.6 is 0 Å². The number of allylic oxidation sites excluding steroid dienone is 1. The molecule has 1 aromatic carbocycles. The van der Waals surface area contributed by atoms with Gasteiger partial charge in [0.25, 0.3) is 0 Å². The maximum Gasteiger partial charge on any atom is 0.128 e. The Labute approximate surface area is 211 Å². The lowest BCUT2D eigenvalue weighted by Gasteiger charge is -2.36. The highest BCUT2D eigenvalue weighted by Crippen LogP contribution is 2.38. The molecule has 0 aromatic heterocycles. The van der Waals surface area contributed by atoms with Crippen molar-refractivity contribution in [2.75, 3.05) is 20.1 Å². The Morgan fingerprint density at radius 1 is 1.06 bits per heavy atom. The molecular formula is C31H55FN2. The number of aryl methyl sites for hydroxylation is 1. The normalized spacial score (nSPS) is 27.9. The van der Waals surface area contributed by atoms with Crippen LogP contribution in [0.3, 0.4) is 0 Å². The first-order valence-corrected chi connectivity index (χ1v) is 14.2. The SMILES string of the molecule is C=CC1(F)CCC1.CC.CC.Cc1cccc(C2CCC(CCC3CN(C)CCC3N)CC2)c1. The van der Waals surface area contributed by atoms with Gasteiger partial charge in [-0.25, -0.2) is 4.39 Å². The summed E-state index contributed by atoms with van der Waals surface area (Å²) in [6.45, 7) is 16.0. The molecule has 1 aromatic rings. The molecule has 2 aliphatic carbocycles. The van der Waals surface area contributed by atoms with Crippen LogP contribution in [0.15, 0.2) is 36.9 Å². The third-order valence-electron chi connectivity index (χ3n) is 7.85. The standard InChI is InChI=1S/C21H34N2.C6H9F.2C2H6/c1-16-4-3-5-19(14-16)18-9-6-17(7-10-18)8-11-20-15-23(2)13-12-21(20)22;1-2-6(7)4-3-5-6;2*1-2/h3-5,14,17-18,20-21H,6-13,15,22H2,1-2H3;2H,1,3-5H2;2*1-2H3. The lowest BCUT2D eigenvalue weighted by Crippen LogP contribution is -2.45.